The molecule has 0 radical (unpaired) electrons. The van der Waals surface area contributed by atoms with Gasteiger partial charge in [-0.3, -0.25) is 9.63 Å². The molecule has 5 heteroatoms. The quantitative estimate of drug-likeness (QED) is 0.449. The topological polar surface area (TPSA) is 38.3 Å². The van der Waals surface area contributed by atoms with Crippen molar-refractivity contribution in [1.82, 2.24) is 5.48 Å². The molecule has 0 heterocycles. The van der Waals surface area contributed by atoms with E-state index in [0.717, 1.165) is 17.2 Å². The zero-order valence-corrected chi connectivity index (χ0v) is 12.9. The molecule has 106 valence electrons. The molecule has 1 aromatic carbocycles. The highest BCUT2D eigenvalue weighted by molar-refractivity contribution is 7.99. The van der Waals surface area contributed by atoms with Crippen molar-refractivity contribution in [1.29, 1.82) is 0 Å². The summed E-state index contributed by atoms with van der Waals surface area (Å²) in [7, 11) is 0. The molecule has 0 saturated heterocycles. The van der Waals surface area contributed by atoms with Crippen LogP contribution in [-0.4, -0.2) is 18.3 Å². The van der Waals surface area contributed by atoms with Crippen LogP contribution in [0.2, 0.25) is 5.02 Å². The standard InChI is InChI=1S/C14H20ClNO2S/c1-11(2)10-18-16-14(17)4-3-9-19-13-7-5-12(15)6-8-13/h5-8,11H,3-4,9-10H2,1-2H3,(H,16,17). The molecule has 19 heavy (non-hydrogen) atoms. The monoisotopic (exact) mass is 301 g/mol. The first-order valence-electron chi connectivity index (χ1n) is 6.37. The maximum Gasteiger partial charge on any atom is 0.243 e. The Bertz CT molecular complexity index is 382. The van der Waals surface area contributed by atoms with E-state index in [2.05, 4.69) is 5.48 Å². The molecule has 3 nitrogen and oxygen atoms in total. The third-order valence-electron chi connectivity index (χ3n) is 2.23. The summed E-state index contributed by atoms with van der Waals surface area (Å²) in [6.07, 6.45) is 1.31. The number of hydroxylamine groups is 1. The number of nitrogens with one attached hydrogen (secondary N) is 1. The Morgan fingerprint density at radius 1 is 1.37 bits per heavy atom. The van der Waals surface area contributed by atoms with Crippen LogP contribution in [0.15, 0.2) is 29.2 Å². The van der Waals surface area contributed by atoms with Crippen LogP contribution < -0.4 is 5.48 Å². The highest BCUT2D eigenvalue weighted by atomic mass is 35.5. The SMILES string of the molecule is CC(C)CONC(=O)CCCSc1ccc(Cl)cc1. The van der Waals surface area contributed by atoms with Crippen LogP contribution in [0.3, 0.4) is 0 Å². The zero-order chi connectivity index (χ0) is 14.1. The average Bonchev–Trinajstić information content (AvgIpc) is 2.36. The summed E-state index contributed by atoms with van der Waals surface area (Å²) in [5.74, 6) is 1.26. The van der Waals surface area contributed by atoms with E-state index in [1.54, 1.807) is 11.8 Å². The van der Waals surface area contributed by atoms with E-state index in [-0.39, 0.29) is 5.91 Å². The van der Waals surface area contributed by atoms with E-state index >= 15 is 0 Å². The van der Waals surface area contributed by atoms with Crippen LogP contribution >= 0.6 is 23.4 Å². The fourth-order valence-corrected chi connectivity index (χ4v) is 2.27. The third kappa shape index (κ3) is 8.14. The van der Waals surface area contributed by atoms with Crippen molar-refractivity contribution in [3.8, 4) is 0 Å². The Kier molecular flexibility index (Phi) is 7.94. The van der Waals surface area contributed by atoms with Gasteiger partial charge in [0.05, 0.1) is 6.61 Å². The summed E-state index contributed by atoms with van der Waals surface area (Å²) in [5, 5.41) is 0.742. The Morgan fingerprint density at radius 3 is 2.68 bits per heavy atom. The lowest BCUT2D eigenvalue weighted by molar-refractivity contribution is -0.134. The molecule has 0 spiro atoms. The second-order valence-corrected chi connectivity index (χ2v) is 6.24. The van der Waals surface area contributed by atoms with E-state index in [1.807, 2.05) is 38.1 Å². The molecule has 0 aliphatic rings. The smallest absolute Gasteiger partial charge is 0.243 e. The van der Waals surface area contributed by atoms with Crippen molar-refractivity contribution >= 4 is 29.3 Å². The normalized spacial score (nSPS) is 10.7. The van der Waals surface area contributed by atoms with E-state index < -0.39 is 0 Å². The molecule has 0 aromatic heterocycles. The van der Waals surface area contributed by atoms with Crippen molar-refractivity contribution in [2.75, 3.05) is 12.4 Å². The molecular weight excluding hydrogens is 282 g/mol. The van der Waals surface area contributed by atoms with Gasteiger partial charge in [0.15, 0.2) is 0 Å². The maximum absolute atomic E-state index is 11.4. The van der Waals surface area contributed by atoms with Gasteiger partial charge in [-0.25, -0.2) is 5.48 Å². The minimum atomic E-state index is -0.0580. The van der Waals surface area contributed by atoms with E-state index in [4.69, 9.17) is 16.4 Å². The Labute approximate surface area is 124 Å². The summed E-state index contributed by atoms with van der Waals surface area (Å²) in [6.45, 7) is 4.62. The van der Waals surface area contributed by atoms with Gasteiger partial charge in [-0.15, -0.1) is 11.8 Å². The highest BCUT2D eigenvalue weighted by Gasteiger charge is 2.02. The highest BCUT2D eigenvalue weighted by Crippen LogP contribution is 2.21. The summed E-state index contributed by atoms with van der Waals surface area (Å²) >= 11 is 7.53. The van der Waals surface area contributed by atoms with Crippen LogP contribution in [0.25, 0.3) is 0 Å². The zero-order valence-electron chi connectivity index (χ0n) is 11.3. The molecule has 1 rings (SSSR count). The predicted molar refractivity (Wildman–Crippen MR) is 80.3 cm³/mol. The largest absolute Gasteiger partial charge is 0.273 e. The van der Waals surface area contributed by atoms with Crippen molar-refractivity contribution in [3.05, 3.63) is 29.3 Å². The first kappa shape index (κ1) is 16.3. The number of hydrogen-bond acceptors (Lipinski definition) is 3. The summed E-state index contributed by atoms with van der Waals surface area (Å²) in [5.41, 5.74) is 2.45. The van der Waals surface area contributed by atoms with E-state index in [0.29, 0.717) is 18.9 Å². The molecule has 0 fully saturated rings. The lowest BCUT2D eigenvalue weighted by Gasteiger charge is -2.07. The van der Waals surface area contributed by atoms with Gasteiger partial charge in [0.2, 0.25) is 5.91 Å². The second kappa shape index (κ2) is 9.23. The average molecular weight is 302 g/mol. The lowest BCUT2D eigenvalue weighted by atomic mass is 10.2. The maximum atomic E-state index is 11.4. The number of halogens is 1. The molecule has 0 bridgehead atoms. The minimum absolute atomic E-state index is 0.0580. The van der Waals surface area contributed by atoms with Gasteiger partial charge in [-0.1, -0.05) is 25.4 Å². The van der Waals surface area contributed by atoms with Gasteiger partial charge >= 0.3 is 0 Å². The first-order chi connectivity index (χ1) is 9.08. The minimum Gasteiger partial charge on any atom is -0.273 e. The van der Waals surface area contributed by atoms with Crippen LogP contribution in [0.4, 0.5) is 0 Å². The van der Waals surface area contributed by atoms with Crippen LogP contribution in [0.1, 0.15) is 26.7 Å². The molecule has 0 atom stereocenters. The van der Waals surface area contributed by atoms with Gasteiger partial charge in [-0.2, -0.15) is 0 Å². The first-order valence-corrected chi connectivity index (χ1v) is 7.73. The number of carbonyl (C=O) groups is 1. The number of rotatable bonds is 8. The van der Waals surface area contributed by atoms with Crippen LogP contribution in [0, 0.1) is 5.92 Å². The third-order valence-corrected chi connectivity index (χ3v) is 3.58. The van der Waals surface area contributed by atoms with Crippen molar-refractivity contribution in [2.45, 2.75) is 31.6 Å². The molecule has 1 aromatic rings. The molecular formula is C14H20ClNO2S. The molecule has 0 aliphatic heterocycles. The van der Waals surface area contributed by atoms with Gasteiger partial charge in [0.25, 0.3) is 0 Å². The Morgan fingerprint density at radius 2 is 2.05 bits per heavy atom. The number of amides is 1. The van der Waals surface area contributed by atoms with E-state index in [1.165, 1.54) is 4.90 Å². The van der Waals surface area contributed by atoms with Crippen LogP contribution in [0.5, 0.6) is 0 Å². The fourth-order valence-electron chi connectivity index (χ4n) is 1.29. The predicted octanol–water partition coefficient (Wildman–Crippen LogP) is 3.92. The van der Waals surface area contributed by atoms with Gasteiger partial charge in [0, 0.05) is 16.3 Å². The Balaban J connectivity index is 2.07. The van der Waals surface area contributed by atoms with Crippen LogP contribution in [-0.2, 0) is 9.63 Å². The molecule has 0 saturated carbocycles. The van der Waals surface area contributed by atoms with Gasteiger partial charge in [-0.05, 0) is 42.4 Å². The fraction of sp³-hybridized carbons (Fsp3) is 0.500. The number of hydrogen-bond donors (Lipinski definition) is 1. The van der Waals surface area contributed by atoms with Crippen molar-refractivity contribution in [2.24, 2.45) is 5.92 Å². The van der Waals surface area contributed by atoms with Gasteiger partial charge < -0.3 is 0 Å². The molecule has 0 unspecified atom stereocenters. The summed E-state index contributed by atoms with van der Waals surface area (Å²) < 4.78 is 0. The molecule has 0 aliphatic carbocycles. The molecule has 1 amide bonds. The number of carbonyl (C=O) groups excluding carboxylic acids is 1. The number of benzene rings is 1. The Hall–Kier alpha value is -0.710. The van der Waals surface area contributed by atoms with E-state index in [9.17, 15) is 4.79 Å². The lowest BCUT2D eigenvalue weighted by Crippen LogP contribution is -2.25. The summed E-state index contributed by atoms with van der Waals surface area (Å²) in [6, 6.07) is 7.71. The van der Waals surface area contributed by atoms with Crippen molar-refractivity contribution in [3.63, 3.8) is 0 Å². The molecule has 1 N–H and O–H groups in total. The summed E-state index contributed by atoms with van der Waals surface area (Å²) in [4.78, 5) is 17.6. The number of thioether (sulfide) groups is 1. The van der Waals surface area contributed by atoms with Crippen molar-refractivity contribution < 1.29 is 9.63 Å². The van der Waals surface area contributed by atoms with Gasteiger partial charge in [0.1, 0.15) is 0 Å². The second-order valence-electron chi connectivity index (χ2n) is 4.64.